The van der Waals surface area contributed by atoms with Crippen molar-refractivity contribution in [3.05, 3.63) is 64.2 Å². The number of aromatic nitrogens is 2. The lowest BCUT2D eigenvalue weighted by Gasteiger charge is -2.18. The predicted octanol–water partition coefficient (Wildman–Crippen LogP) is 3.51. The summed E-state index contributed by atoms with van der Waals surface area (Å²) in [5, 5.41) is 18.8. The third-order valence-corrected chi connectivity index (χ3v) is 4.81. The molecule has 0 spiro atoms. The number of para-hydroxylation sites is 1. The molecule has 2 aromatic carbocycles. The first kappa shape index (κ1) is 27.3. The third-order valence-electron chi connectivity index (χ3n) is 4.81. The van der Waals surface area contributed by atoms with Gasteiger partial charge in [-0.3, -0.25) is 4.79 Å². The molecule has 1 aromatic heterocycles. The first-order valence-corrected chi connectivity index (χ1v) is 11.3. The van der Waals surface area contributed by atoms with Gasteiger partial charge in [0.25, 0.3) is 5.56 Å². The molecular formula is C25H31N3O7. The van der Waals surface area contributed by atoms with Crippen molar-refractivity contribution >= 4 is 22.8 Å². The molecule has 10 nitrogen and oxygen atoms in total. The Morgan fingerprint density at radius 3 is 2.26 bits per heavy atom. The molecule has 1 unspecified atom stereocenters. The standard InChI is InChI=1S/C23H29N3O3.C2H2O4/c1-4-12-28-20-11-10-17(14-21(20)29-13-5-2)16(3)24-15-22-25-19-9-7-6-8-18(19)23(27)26-22;3-1(4)2(5)6/h6-11,14,16,24H,4-5,12-13,15H2,1-3H3,(H,25,26,27);(H,3,4)(H,5,6). The highest BCUT2D eigenvalue weighted by atomic mass is 16.5. The van der Waals surface area contributed by atoms with Crippen LogP contribution in [-0.2, 0) is 16.1 Å². The van der Waals surface area contributed by atoms with E-state index < -0.39 is 11.9 Å². The molecule has 0 bridgehead atoms. The summed E-state index contributed by atoms with van der Waals surface area (Å²) < 4.78 is 11.7. The van der Waals surface area contributed by atoms with E-state index in [4.69, 9.17) is 29.3 Å². The maximum atomic E-state index is 12.2. The lowest BCUT2D eigenvalue weighted by molar-refractivity contribution is -0.159. The maximum absolute atomic E-state index is 12.2. The van der Waals surface area contributed by atoms with Gasteiger partial charge < -0.3 is 30.0 Å². The van der Waals surface area contributed by atoms with Gasteiger partial charge in [0.05, 0.1) is 30.7 Å². The minimum absolute atomic E-state index is 0.0518. The quantitative estimate of drug-likeness (QED) is 0.316. The molecule has 0 aliphatic carbocycles. The van der Waals surface area contributed by atoms with Crippen LogP contribution < -0.4 is 20.3 Å². The lowest BCUT2D eigenvalue weighted by atomic mass is 10.1. The van der Waals surface area contributed by atoms with Gasteiger partial charge in [-0.2, -0.15) is 0 Å². The molecule has 0 fully saturated rings. The van der Waals surface area contributed by atoms with E-state index in [2.05, 4.69) is 36.1 Å². The molecule has 4 N–H and O–H groups in total. The molecule has 3 rings (SSSR count). The monoisotopic (exact) mass is 485 g/mol. The summed E-state index contributed by atoms with van der Waals surface area (Å²) in [6.07, 6.45) is 1.89. The van der Waals surface area contributed by atoms with E-state index >= 15 is 0 Å². The summed E-state index contributed by atoms with van der Waals surface area (Å²) in [6.45, 7) is 8.01. The smallest absolute Gasteiger partial charge is 0.414 e. The molecule has 0 saturated carbocycles. The topological polar surface area (TPSA) is 151 Å². The Morgan fingerprint density at radius 1 is 1.00 bits per heavy atom. The van der Waals surface area contributed by atoms with E-state index in [1.165, 1.54) is 0 Å². The van der Waals surface area contributed by atoms with Crippen LogP contribution in [0.15, 0.2) is 47.3 Å². The second-order valence-corrected chi connectivity index (χ2v) is 7.65. The van der Waals surface area contributed by atoms with Gasteiger partial charge in [0.15, 0.2) is 11.5 Å². The number of rotatable bonds is 10. The van der Waals surface area contributed by atoms with E-state index in [0.717, 1.165) is 29.9 Å². The van der Waals surface area contributed by atoms with Crippen molar-refractivity contribution in [2.75, 3.05) is 13.2 Å². The van der Waals surface area contributed by atoms with Crippen LogP contribution in [0.5, 0.6) is 11.5 Å². The molecule has 0 amide bonds. The Balaban J connectivity index is 0.000000641. The number of hydrogen-bond acceptors (Lipinski definition) is 7. The summed E-state index contributed by atoms with van der Waals surface area (Å²) in [5.41, 5.74) is 1.67. The van der Waals surface area contributed by atoms with Crippen molar-refractivity contribution < 1.29 is 29.3 Å². The minimum Gasteiger partial charge on any atom is -0.490 e. The van der Waals surface area contributed by atoms with Gasteiger partial charge in [0, 0.05) is 6.04 Å². The summed E-state index contributed by atoms with van der Waals surface area (Å²) in [7, 11) is 0. The Morgan fingerprint density at radius 2 is 1.63 bits per heavy atom. The Kier molecular flexibility index (Phi) is 10.7. The fourth-order valence-corrected chi connectivity index (χ4v) is 3.04. The molecule has 0 saturated heterocycles. The molecule has 0 aliphatic heterocycles. The lowest BCUT2D eigenvalue weighted by Crippen LogP contribution is -2.22. The van der Waals surface area contributed by atoms with Crippen LogP contribution in [0, 0.1) is 0 Å². The fraction of sp³-hybridized carbons (Fsp3) is 0.360. The van der Waals surface area contributed by atoms with Crippen LogP contribution in [-0.4, -0.2) is 45.3 Å². The van der Waals surface area contributed by atoms with Crippen molar-refractivity contribution in [1.82, 2.24) is 15.3 Å². The van der Waals surface area contributed by atoms with E-state index in [0.29, 0.717) is 36.5 Å². The summed E-state index contributed by atoms with van der Waals surface area (Å²) in [4.78, 5) is 37.8. The Labute approximate surface area is 202 Å². The number of aliphatic carboxylic acids is 2. The number of hydrogen-bond donors (Lipinski definition) is 4. The molecule has 3 aromatic rings. The molecule has 1 atom stereocenters. The van der Waals surface area contributed by atoms with Crippen molar-refractivity contribution in [2.45, 2.75) is 46.2 Å². The number of H-pyrrole nitrogens is 1. The van der Waals surface area contributed by atoms with Gasteiger partial charge in [-0.05, 0) is 49.6 Å². The zero-order valence-corrected chi connectivity index (χ0v) is 20.0. The summed E-state index contributed by atoms with van der Waals surface area (Å²) in [6, 6.07) is 13.4. The third kappa shape index (κ3) is 8.42. The van der Waals surface area contributed by atoms with Gasteiger partial charge >= 0.3 is 11.9 Å². The van der Waals surface area contributed by atoms with Crippen molar-refractivity contribution in [3.8, 4) is 11.5 Å². The second-order valence-electron chi connectivity index (χ2n) is 7.65. The highest BCUT2D eigenvalue weighted by Gasteiger charge is 2.12. The van der Waals surface area contributed by atoms with Crippen LogP contribution in [0.25, 0.3) is 10.9 Å². The molecule has 0 aliphatic rings. The molecular weight excluding hydrogens is 454 g/mol. The number of nitrogens with zero attached hydrogens (tertiary/aromatic N) is 1. The molecule has 10 heteroatoms. The SMILES string of the molecule is CCCOc1ccc(C(C)NCc2nc3ccccc3c(=O)[nH]2)cc1OCCC.O=C(O)C(=O)O. The number of aromatic amines is 1. The van der Waals surface area contributed by atoms with Gasteiger partial charge in [0.1, 0.15) is 5.82 Å². The van der Waals surface area contributed by atoms with Crippen LogP contribution in [0.3, 0.4) is 0 Å². The van der Waals surface area contributed by atoms with Crippen LogP contribution in [0.2, 0.25) is 0 Å². The molecule has 1 heterocycles. The highest BCUT2D eigenvalue weighted by Crippen LogP contribution is 2.31. The van der Waals surface area contributed by atoms with E-state index in [1.54, 1.807) is 6.07 Å². The van der Waals surface area contributed by atoms with Crippen molar-refractivity contribution in [3.63, 3.8) is 0 Å². The summed E-state index contributed by atoms with van der Waals surface area (Å²) in [5.74, 6) is -1.49. The van der Waals surface area contributed by atoms with Gasteiger partial charge in [-0.15, -0.1) is 0 Å². The fourth-order valence-electron chi connectivity index (χ4n) is 3.04. The number of benzene rings is 2. The zero-order chi connectivity index (χ0) is 25.8. The highest BCUT2D eigenvalue weighted by molar-refractivity contribution is 6.27. The molecule has 0 radical (unpaired) electrons. The number of ether oxygens (including phenoxy) is 2. The zero-order valence-electron chi connectivity index (χ0n) is 20.0. The minimum atomic E-state index is -1.82. The van der Waals surface area contributed by atoms with Crippen LogP contribution in [0.4, 0.5) is 0 Å². The second kappa shape index (κ2) is 13.7. The maximum Gasteiger partial charge on any atom is 0.414 e. The number of carbonyl (C=O) groups is 2. The largest absolute Gasteiger partial charge is 0.490 e. The van der Waals surface area contributed by atoms with E-state index in [9.17, 15) is 4.79 Å². The summed E-state index contributed by atoms with van der Waals surface area (Å²) >= 11 is 0. The van der Waals surface area contributed by atoms with Gasteiger partial charge in [0.2, 0.25) is 0 Å². The van der Waals surface area contributed by atoms with Crippen molar-refractivity contribution in [2.24, 2.45) is 0 Å². The number of fused-ring (bicyclic) bond motifs is 1. The van der Waals surface area contributed by atoms with Gasteiger partial charge in [-0.1, -0.05) is 32.0 Å². The van der Waals surface area contributed by atoms with E-state index in [1.807, 2.05) is 36.4 Å². The van der Waals surface area contributed by atoms with Gasteiger partial charge in [-0.25, -0.2) is 14.6 Å². The molecule has 35 heavy (non-hydrogen) atoms. The number of carboxylic acids is 2. The molecule has 188 valence electrons. The normalized spacial score (nSPS) is 11.3. The Bertz CT molecular complexity index is 1180. The average molecular weight is 486 g/mol. The predicted molar refractivity (Wildman–Crippen MR) is 131 cm³/mol. The number of nitrogens with one attached hydrogen (secondary N) is 2. The van der Waals surface area contributed by atoms with Crippen LogP contribution in [0.1, 0.15) is 51.0 Å². The van der Waals surface area contributed by atoms with Crippen molar-refractivity contribution in [1.29, 1.82) is 0 Å². The Hall–Kier alpha value is -3.92. The van der Waals surface area contributed by atoms with E-state index in [-0.39, 0.29) is 11.6 Å². The first-order valence-electron chi connectivity index (χ1n) is 11.3. The first-order chi connectivity index (χ1) is 16.8. The average Bonchev–Trinajstić information content (AvgIpc) is 2.85. The van der Waals surface area contributed by atoms with Crippen LogP contribution >= 0.6 is 0 Å². The number of carboxylic acid groups (broad SMARTS) is 2.